The van der Waals surface area contributed by atoms with Gasteiger partial charge in [-0.15, -0.1) is 0 Å². The normalized spacial score (nSPS) is 22.6. The lowest BCUT2D eigenvalue weighted by Crippen LogP contribution is -2.55. The third kappa shape index (κ3) is 5.84. The van der Waals surface area contributed by atoms with Gasteiger partial charge in [0.25, 0.3) is 5.91 Å². The summed E-state index contributed by atoms with van der Waals surface area (Å²) in [6.07, 6.45) is 2.91. The minimum absolute atomic E-state index is 0.0269. The summed E-state index contributed by atoms with van der Waals surface area (Å²) in [5.41, 5.74) is 3.04. The van der Waals surface area contributed by atoms with E-state index in [1.807, 2.05) is 12.1 Å². The number of piperazine rings is 1. The maximum Gasteiger partial charge on any atom is 0.318 e. The van der Waals surface area contributed by atoms with Gasteiger partial charge in [-0.3, -0.25) is 9.69 Å². The smallest absolute Gasteiger partial charge is 0.318 e. The van der Waals surface area contributed by atoms with Crippen molar-refractivity contribution in [2.24, 2.45) is 0 Å². The van der Waals surface area contributed by atoms with Crippen LogP contribution < -0.4 is 9.64 Å². The van der Waals surface area contributed by atoms with Gasteiger partial charge in [0.05, 0.1) is 24.2 Å². The van der Waals surface area contributed by atoms with Gasteiger partial charge in [-0.25, -0.2) is 4.39 Å². The van der Waals surface area contributed by atoms with Gasteiger partial charge < -0.3 is 19.4 Å². The highest BCUT2D eigenvalue weighted by molar-refractivity contribution is 6.35. The van der Waals surface area contributed by atoms with Crippen molar-refractivity contribution in [3.8, 4) is 12.1 Å². The molecule has 6 rings (SSSR count). The fourth-order valence-corrected chi connectivity index (χ4v) is 7.20. The Kier molecular flexibility index (Phi) is 8.72. The van der Waals surface area contributed by atoms with E-state index in [0.717, 1.165) is 57.8 Å². The molecule has 3 aromatic rings. The summed E-state index contributed by atoms with van der Waals surface area (Å²) in [6.45, 7) is 6.34. The molecule has 0 radical (unpaired) electrons. The molecular formula is C33H37ClFN7O2. The molecule has 9 nitrogen and oxygen atoms in total. The van der Waals surface area contributed by atoms with Gasteiger partial charge in [-0.2, -0.15) is 15.2 Å². The zero-order valence-electron chi connectivity index (χ0n) is 25.2. The minimum atomic E-state index is -1.02. The number of rotatable bonds is 7. The molecule has 1 amide bonds. The molecule has 2 aromatic carbocycles. The number of carbonyl (C=O) groups is 1. The van der Waals surface area contributed by atoms with Crippen molar-refractivity contribution in [1.82, 2.24) is 24.7 Å². The average Bonchev–Trinajstić information content (AvgIpc) is 3.43. The van der Waals surface area contributed by atoms with Crippen molar-refractivity contribution in [3.63, 3.8) is 0 Å². The van der Waals surface area contributed by atoms with Crippen molar-refractivity contribution in [1.29, 1.82) is 5.26 Å². The molecule has 0 N–H and O–H groups in total. The Bertz CT molecular complexity index is 1620. The van der Waals surface area contributed by atoms with E-state index in [0.29, 0.717) is 44.7 Å². The lowest BCUT2D eigenvalue weighted by Gasteiger charge is -2.42. The number of anilines is 1. The predicted molar refractivity (Wildman–Crippen MR) is 168 cm³/mol. The van der Waals surface area contributed by atoms with Crippen molar-refractivity contribution < 1.29 is 13.9 Å². The number of hydrogen-bond acceptors (Lipinski definition) is 8. The Morgan fingerprint density at radius 1 is 1.14 bits per heavy atom. The second-order valence-electron chi connectivity index (χ2n) is 12.0. The number of fused-ring (bicyclic) bond motifs is 2. The maximum absolute atomic E-state index is 13.8. The summed E-state index contributed by atoms with van der Waals surface area (Å²) < 4.78 is 20.1. The summed E-state index contributed by atoms with van der Waals surface area (Å²) in [5.74, 6) is -1.05. The molecule has 44 heavy (non-hydrogen) atoms. The van der Waals surface area contributed by atoms with E-state index in [1.165, 1.54) is 4.90 Å². The van der Waals surface area contributed by atoms with Crippen LogP contribution in [0, 0.1) is 11.3 Å². The van der Waals surface area contributed by atoms with E-state index in [-0.39, 0.29) is 19.0 Å². The first-order chi connectivity index (χ1) is 21.2. The van der Waals surface area contributed by atoms with E-state index < -0.39 is 17.8 Å². The summed E-state index contributed by atoms with van der Waals surface area (Å²) in [5, 5.41) is 12.4. The van der Waals surface area contributed by atoms with E-state index in [9.17, 15) is 14.4 Å². The number of ether oxygens (including phenoxy) is 1. The molecule has 0 aliphatic carbocycles. The van der Waals surface area contributed by atoms with Crippen LogP contribution in [-0.2, 0) is 17.8 Å². The predicted octanol–water partition coefficient (Wildman–Crippen LogP) is 4.90. The fraction of sp³-hybridized carbons (Fsp3) is 0.455. The van der Waals surface area contributed by atoms with Crippen LogP contribution >= 0.6 is 11.6 Å². The SMILES string of the molecule is C=C(F)C(=O)N1CCN(c2nc(OC[C@@H]3CCCN3C)nc3c2CN(C)C(c2cccc4cccc(Cl)c24)C3)C[C@@H]1CC#N. The van der Waals surface area contributed by atoms with Crippen LogP contribution in [0.15, 0.2) is 48.8 Å². The van der Waals surface area contributed by atoms with Crippen LogP contribution in [0.25, 0.3) is 10.8 Å². The van der Waals surface area contributed by atoms with Gasteiger partial charge in [-0.1, -0.05) is 48.5 Å². The minimum Gasteiger partial charge on any atom is -0.462 e. The molecule has 3 atom stereocenters. The number of benzene rings is 2. The zero-order chi connectivity index (χ0) is 31.0. The van der Waals surface area contributed by atoms with Gasteiger partial charge >= 0.3 is 6.01 Å². The number of halogens is 2. The number of likely N-dealkylation sites (N-methyl/N-ethyl adjacent to an activating group) is 2. The van der Waals surface area contributed by atoms with Crippen molar-refractivity contribution in [2.75, 3.05) is 51.8 Å². The van der Waals surface area contributed by atoms with Crippen LogP contribution in [0.5, 0.6) is 6.01 Å². The summed E-state index contributed by atoms with van der Waals surface area (Å²) in [7, 11) is 4.20. The molecule has 0 saturated carbocycles. The Labute approximate surface area is 262 Å². The fourth-order valence-electron chi connectivity index (χ4n) is 6.91. The second-order valence-corrected chi connectivity index (χ2v) is 12.4. The standard InChI is InChI=1S/C33H37ClFN7O2/c1-21(35)32(43)42-16-15-41(18-23(42)12-13-36)31-26-19-40(3)29(25-10-4-7-22-8-5-11-27(34)30(22)25)17-28(26)37-33(38-31)44-20-24-9-6-14-39(24)2/h4-5,7-8,10-11,23-24,29H,1,6,9,12,14-20H2,2-3H3/t23-,24-,29?/m0/s1. The first-order valence-corrected chi connectivity index (χ1v) is 15.5. The van der Waals surface area contributed by atoms with E-state index in [1.54, 1.807) is 0 Å². The van der Waals surface area contributed by atoms with Crippen LogP contribution in [0.4, 0.5) is 10.2 Å². The Balaban J connectivity index is 1.37. The second kappa shape index (κ2) is 12.7. The first kappa shape index (κ1) is 30.3. The maximum atomic E-state index is 13.8. The molecule has 0 bridgehead atoms. The van der Waals surface area contributed by atoms with E-state index >= 15 is 0 Å². The van der Waals surface area contributed by atoms with Gasteiger partial charge in [0.2, 0.25) is 0 Å². The van der Waals surface area contributed by atoms with Crippen LogP contribution in [0.3, 0.4) is 0 Å². The summed E-state index contributed by atoms with van der Waals surface area (Å²) >= 11 is 6.73. The van der Waals surface area contributed by atoms with Gasteiger partial charge in [0.1, 0.15) is 12.4 Å². The Hall–Kier alpha value is -3.78. The lowest BCUT2D eigenvalue weighted by atomic mass is 9.90. The van der Waals surface area contributed by atoms with Gasteiger partial charge in [0, 0.05) is 60.7 Å². The van der Waals surface area contributed by atoms with Crippen LogP contribution in [0.1, 0.15) is 42.1 Å². The van der Waals surface area contributed by atoms with E-state index in [2.05, 4.69) is 65.7 Å². The van der Waals surface area contributed by atoms with Crippen LogP contribution in [-0.4, -0.2) is 89.5 Å². The number of amides is 1. The third-order valence-electron chi connectivity index (χ3n) is 9.30. The molecule has 2 saturated heterocycles. The molecule has 4 heterocycles. The molecule has 0 spiro atoms. The highest BCUT2D eigenvalue weighted by Crippen LogP contribution is 2.40. The Morgan fingerprint density at radius 3 is 2.66 bits per heavy atom. The molecule has 2 fully saturated rings. The third-order valence-corrected chi connectivity index (χ3v) is 9.62. The molecule has 230 valence electrons. The van der Waals surface area contributed by atoms with Crippen LogP contribution in [0.2, 0.25) is 5.02 Å². The average molecular weight is 618 g/mol. The molecule has 3 aliphatic heterocycles. The summed E-state index contributed by atoms with van der Waals surface area (Å²) in [4.78, 5) is 30.5. The highest BCUT2D eigenvalue weighted by Gasteiger charge is 2.36. The summed E-state index contributed by atoms with van der Waals surface area (Å²) in [6, 6.07) is 14.6. The Morgan fingerprint density at radius 2 is 1.93 bits per heavy atom. The topological polar surface area (TPSA) is 88.8 Å². The monoisotopic (exact) mass is 617 g/mol. The highest BCUT2D eigenvalue weighted by atomic mass is 35.5. The molecular weight excluding hydrogens is 581 g/mol. The lowest BCUT2D eigenvalue weighted by molar-refractivity contribution is -0.131. The number of nitrogens with zero attached hydrogens (tertiary/aromatic N) is 7. The number of aromatic nitrogens is 2. The zero-order valence-corrected chi connectivity index (χ0v) is 25.9. The van der Waals surface area contributed by atoms with Crippen molar-refractivity contribution in [3.05, 3.63) is 70.6 Å². The quantitative estimate of drug-likeness (QED) is 0.346. The molecule has 11 heteroatoms. The number of likely N-dealkylation sites (tertiary alicyclic amines) is 1. The van der Waals surface area contributed by atoms with Crippen molar-refractivity contribution >= 4 is 34.1 Å². The van der Waals surface area contributed by atoms with Gasteiger partial charge in [-0.05, 0) is 50.5 Å². The van der Waals surface area contributed by atoms with Gasteiger partial charge in [0.15, 0.2) is 5.83 Å². The molecule has 1 unspecified atom stereocenters. The number of hydrogen-bond donors (Lipinski definition) is 0. The number of carbonyl (C=O) groups excluding carboxylic acids is 1. The largest absolute Gasteiger partial charge is 0.462 e. The number of nitriles is 1. The first-order valence-electron chi connectivity index (χ1n) is 15.1. The van der Waals surface area contributed by atoms with Crippen molar-refractivity contribution in [2.45, 2.75) is 50.4 Å². The van der Waals surface area contributed by atoms with E-state index in [4.69, 9.17) is 26.3 Å². The molecule has 1 aromatic heterocycles. The molecule has 3 aliphatic rings.